The maximum Gasteiger partial charge on any atom is 0.146 e. The summed E-state index contributed by atoms with van der Waals surface area (Å²) in [6, 6.07) is 7.60. The maximum absolute atomic E-state index is 9.44. The van der Waals surface area contributed by atoms with E-state index in [1.54, 1.807) is 24.5 Å². The predicted octanol–water partition coefficient (Wildman–Crippen LogP) is 2.91. The minimum Gasteiger partial charge on any atom is -0.508 e. The molecule has 2 rings (SSSR count). The van der Waals surface area contributed by atoms with Gasteiger partial charge in [-0.15, -0.1) is 10.2 Å². The number of pyridine rings is 1. The number of hydrogen-bond donors (Lipinski definition) is 2. The van der Waals surface area contributed by atoms with Crippen molar-refractivity contribution in [2.75, 3.05) is 0 Å². The second kappa shape index (κ2) is 4.39. The van der Waals surface area contributed by atoms with Crippen molar-refractivity contribution in [3.63, 3.8) is 0 Å². The molecule has 5 heteroatoms. The highest BCUT2D eigenvalue weighted by molar-refractivity contribution is 5.53. The van der Waals surface area contributed by atoms with Crippen LogP contribution in [0.4, 0.5) is 11.4 Å². The minimum absolute atomic E-state index is 0.0159. The Hall–Kier alpha value is -2.43. The molecule has 80 valence electrons. The van der Waals surface area contributed by atoms with E-state index in [0.29, 0.717) is 11.4 Å². The number of azo groups is 1. The van der Waals surface area contributed by atoms with Gasteiger partial charge in [-0.25, -0.2) is 0 Å². The lowest BCUT2D eigenvalue weighted by Crippen LogP contribution is -1.69. The summed E-state index contributed by atoms with van der Waals surface area (Å²) in [5.74, 6) is -0.134. The quantitative estimate of drug-likeness (QED) is 0.756. The van der Waals surface area contributed by atoms with E-state index in [4.69, 9.17) is 5.11 Å². The van der Waals surface area contributed by atoms with Crippen molar-refractivity contribution >= 4 is 11.4 Å². The highest BCUT2D eigenvalue weighted by Gasteiger charge is 2.00. The van der Waals surface area contributed by atoms with Gasteiger partial charge in [0.2, 0.25) is 0 Å². The Morgan fingerprint density at radius 3 is 2.62 bits per heavy atom. The van der Waals surface area contributed by atoms with E-state index in [1.165, 1.54) is 18.2 Å². The summed E-state index contributed by atoms with van der Waals surface area (Å²) in [6.07, 6.45) is 3.19. The molecule has 0 amide bonds. The number of nitrogens with zero attached hydrogens (tertiary/aromatic N) is 3. The van der Waals surface area contributed by atoms with Gasteiger partial charge in [-0.05, 0) is 24.3 Å². The molecule has 0 aliphatic carbocycles. The molecule has 0 aliphatic heterocycles. The SMILES string of the molecule is Oc1ccc(/N=N/c2cccnc2)c(O)c1. The molecule has 0 atom stereocenters. The Bertz CT molecular complexity index is 512. The molecule has 0 fully saturated rings. The normalized spacial score (nSPS) is 10.8. The molecule has 2 N–H and O–H groups in total. The minimum atomic E-state index is -0.118. The Morgan fingerprint density at radius 2 is 1.94 bits per heavy atom. The highest BCUT2D eigenvalue weighted by atomic mass is 16.3. The molecular formula is C11H9N3O2. The molecule has 0 spiro atoms. The van der Waals surface area contributed by atoms with E-state index in [0.717, 1.165) is 0 Å². The van der Waals surface area contributed by atoms with E-state index < -0.39 is 0 Å². The van der Waals surface area contributed by atoms with Crippen LogP contribution >= 0.6 is 0 Å². The summed E-state index contributed by atoms with van der Waals surface area (Å²) in [5, 5.41) is 26.2. The Morgan fingerprint density at radius 1 is 1.06 bits per heavy atom. The van der Waals surface area contributed by atoms with Gasteiger partial charge in [0, 0.05) is 12.3 Å². The third-order valence-electron chi connectivity index (χ3n) is 1.88. The van der Waals surface area contributed by atoms with E-state index in [2.05, 4.69) is 15.2 Å². The van der Waals surface area contributed by atoms with Crippen LogP contribution in [0.25, 0.3) is 0 Å². The van der Waals surface area contributed by atoms with Crippen molar-refractivity contribution in [1.82, 2.24) is 4.98 Å². The average molecular weight is 215 g/mol. The fourth-order valence-corrected chi connectivity index (χ4v) is 1.12. The summed E-state index contributed by atoms with van der Waals surface area (Å²) in [7, 11) is 0. The van der Waals surface area contributed by atoms with Crippen LogP contribution in [0.3, 0.4) is 0 Å². The van der Waals surface area contributed by atoms with Gasteiger partial charge in [-0.3, -0.25) is 4.98 Å². The summed E-state index contributed by atoms with van der Waals surface area (Å²) in [5.41, 5.74) is 0.886. The number of phenols is 2. The predicted molar refractivity (Wildman–Crippen MR) is 58.2 cm³/mol. The van der Waals surface area contributed by atoms with Gasteiger partial charge in [-0.1, -0.05) is 0 Å². The van der Waals surface area contributed by atoms with Crippen molar-refractivity contribution in [2.24, 2.45) is 10.2 Å². The molecule has 0 saturated carbocycles. The van der Waals surface area contributed by atoms with Gasteiger partial charge in [0.25, 0.3) is 0 Å². The van der Waals surface area contributed by atoms with E-state index >= 15 is 0 Å². The molecule has 0 saturated heterocycles. The monoisotopic (exact) mass is 215 g/mol. The van der Waals surface area contributed by atoms with Crippen LogP contribution in [0.15, 0.2) is 53.0 Å². The van der Waals surface area contributed by atoms with Gasteiger partial charge in [0.1, 0.15) is 22.9 Å². The lowest BCUT2D eigenvalue weighted by Gasteiger charge is -1.97. The first kappa shape index (κ1) is 10.1. The average Bonchev–Trinajstić information content (AvgIpc) is 2.29. The lowest BCUT2D eigenvalue weighted by molar-refractivity contribution is 0.451. The first-order valence-corrected chi connectivity index (χ1v) is 4.59. The third-order valence-corrected chi connectivity index (χ3v) is 1.88. The summed E-state index contributed by atoms with van der Waals surface area (Å²) in [6.45, 7) is 0. The van der Waals surface area contributed by atoms with Crippen molar-refractivity contribution in [3.8, 4) is 11.5 Å². The number of benzene rings is 1. The summed E-state index contributed by atoms with van der Waals surface area (Å²) < 4.78 is 0. The number of hydrogen-bond acceptors (Lipinski definition) is 5. The van der Waals surface area contributed by atoms with E-state index in [1.807, 2.05) is 0 Å². The van der Waals surface area contributed by atoms with E-state index in [9.17, 15) is 5.11 Å². The molecule has 1 aromatic carbocycles. The largest absolute Gasteiger partial charge is 0.508 e. The van der Waals surface area contributed by atoms with Crippen LogP contribution in [0.1, 0.15) is 0 Å². The zero-order valence-corrected chi connectivity index (χ0v) is 8.28. The topological polar surface area (TPSA) is 78.1 Å². The van der Waals surface area contributed by atoms with Crippen LogP contribution < -0.4 is 0 Å². The molecule has 0 radical (unpaired) electrons. The second-order valence-electron chi connectivity index (χ2n) is 3.08. The Balaban J connectivity index is 2.24. The first-order valence-electron chi connectivity index (χ1n) is 4.59. The molecule has 1 heterocycles. The Kier molecular flexibility index (Phi) is 2.77. The van der Waals surface area contributed by atoms with Gasteiger partial charge < -0.3 is 10.2 Å². The molecule has 1 aromatic heterocycles. The zero-order chi connectivity index (χ0) is 11.4. The van der Waals surface area contributed by atoms with Crippen molar-refractivity contribution in [2.45, 2.75) is 0 Å². The molecule has 0 unspecified atom stereocenters. The number of aromatic nitrogens is 1. The summed E-state index contributed by atoms with van der Waals surface area (Å²) >= 11 is 0. The zero-order valence-electron chi connectivity index (χ0n) is 8.28. The van der Waals surface area contributed by atoms with Crippen LogP contribution in [0, 0.1) is 0 Å². The second-order valence-corrected chi connectivity index (χ2v) is 3.08. The number of phenolic OH excluding ortho intramolecular Hbond substituents is 2. The molecule has 0 bridgehead atoms. The number of rotatable bonds is 2. The first-order chi connectivity index (χ1) is 7.75. The molecule has 16 heavy (non-hydrogen) atoms. The lowest BCUT2D eigenvalue weighted by atomic mass is 10.3. The van der Waals surface area contributed by atoms with Crippen LogP contribution in [-0.2, 0) is 0 Å². The van der Waals surface area contributed by atoms with Gasteiger partial charge >= 0.3 is 0 Å². The summed E-state index contributed by atoms with van der Waals surface area (Å²) in [4.78, 5) is 3.88. The third kappa shape index (κ3) is 2.33. The van der Waals surface area contributed by atoms with Crippen LogP contribution in [-0.4, -0.2) is 15.2 Å². The molecular weight excluding hydrogens is 206 g/mol. The highest BCUT2D eigenvalue weighted by Crippen LogP contribution is 2.30. The van der Waals surface area contributed by atoms with Crippen molar-refractivity contribution < 1.29 is 10.2 Å². The van der Waals surface area contributed by atoms with Crippen molar-refractivity contribution in [1.29, 1.82) is 0 Å². The Labute approximate surface area is 91.7 Å². The standard InChI is InChI=1S/C11H9N3O2/c15-9-3-4-10(11(16)6-9)14-13-8-2-1-5-12-7-8/h1-7,15-16H/b14-13+. The molecule has 5 nitrogen and oxygen atoms in total. The number of aromatic hydroxyl groups is 2. The van der Waals surface area contributed by atoms with Gasteiger partial charge in [-0.2, -0.15) is 0 Å². The van der Waals surface area contributed by atoms with Gasteiger partial charge in [0.05, 0.1) is 6.20 Å². The van der Waals surface area contributed by atoms with Crippen LogP contribution in [0.2, 0.25) is 0 Å². The van der Waals surface area contributed by atoms with Crippen LogP contribution in [0.5, 0.6) is 11.5 Å². The van der Waals surface area contributed by atoms with Crippen molar-refractivity contribution in [3.05, 3.63) is 42.7 Å². The molecule has 0 aliphatic rings. The fraction of sp³-hybridized carbons (Fsp3) is 0. The van der Waals surface area contributed by atoms with Gasteiger partial charge in [0.15, 0.2) is 0 Å². The smallest absolute Gasteiger partial charge is 0.146 e. The molecule has 2 aromatic rings. The van der Waals surface area contributed by atoms with E-state index in [-0.39, 0.29) is 11.5 Å². The maximum atomic E-state index is 9.44. The fourth-order valence-electron chi connectivity index (χ4n) is 1.12.